The molecule has 230 valence electrons. The number of ether oxygens (including phenoxy) is 1. The molecule has 0 unspecified atom stereocenters. The van der Waals surface area contributed by atoms with Crippen molar-refractivity contribution in [2.45, 2.75) is 42.8 Å². The van der Waals surface area contributed by atoms with Crippen molar-refractivity contribution >= 4 is 33.1 Å². The second-order valence-corrected chi connectivity index (χ2v) is 13.1. The molecule has 4 aromatic rings. The van der Waals surface area contributed by atoms with Crippen LogP contribution in [0.3, 0.4) is 0 Å². The SMILES string of the molecule is O=C(Nc1cc(C(F)(F)F)ccn1)c1ccc(-c2nc([C@@H]3C[C@H]4COC[C@H]4N3)n3ccnc(NS(=O)(=O)C4CC4)c23)c(F)c1. The maximum absolute atomic E-state index is 15.8. The number of hydrogen-bond donors (Lipinski definition) is 3. The average molecular weight is 632 g/mol. The third kappa shape index (κ3) is 5.26. The Morgan fingerprint density at radius 2 is 1.91 bits per heavy atom. The number of amides is 1. The summed E-state index contributed by atoms with van der Waals surface area (Å²) in [5, 5.41) is 5.23. The summed E-state index contributed by atoms with van der Waals surface area (Å²) in [4.78, 5) is 25.6. The molecular formula is C28H25F4N7O4S. The molecule has 2 aliphatic heterocycles. The molecule has 2 saturated heterocycles. The molecule has 1 aromatic carbocycles. The van der Waals surface area contributed by atoms with E-state index >= 15 is 4.39 Å². The second kappa shape index (κ2) is 10.5. The Bertz CT molecular complexity index is 1880. The molecule has 5 heterocycles. The summed E-state index contributed by atoms with van der Waals surface area (Å²) in [6.07, 6.45) is 1.11. The van der Waals surface area contributed by atoms with Crippen LogP contribution >= 0.6 is 0 Å². The highest BCUT2D eigenvalue weighted by Gasteiger charge is 2.41. The molecular weight excluding hydrogens is 606 g/mol. The zero-order valence-electron chi connectivity index (χ0n) is 22.8. The molecule has 3 aromatic heterocycles. The van der Waals surface area contributed by atoms with Crippen molar-refractivity contribution in [3.8, 4) is 11.3 Å². The molecule has 3 atom stereocenters. The second-order valence-electron chi connectivity index (χ2n) is 11.1. The van der Waals surface area contributed by atoms with Crippen LogP contribution in [0.1, 0.15) is 47.1 Å². The lowest BCUT2D eigenvalue weighted by Crippen LogP contribution is -2.28. The Morgan fingerprint density at radius 1 is 1.09 bits per heavy atom. The van der Waals surface area contributed by atoms with Crippen molar-refractivity contribution in [3.63, 3.8) is 0 Å². The summed E-state index contributed by atoms with van der Waals surface area (Å²) >= 11 is 0. The van der Waals surface area contributed by atoms with E-state index in [-0.39, 0.29) is 52.0 Å². The first kappa shape index (κ1) is 28.6. The van der Waals surface area contributed by atoms with Crippen LogP contribution in [0, 0.1) is 11.7 Å². The van der Waals surface area contributed by atoms with Gasteiger partial charge in [0.2, 0.25) is 10.0 Å². The third-order valence-corrected chi connectivity index (χ3v) is 9.89. The van der Waals surface area contributed by atoms with Crippen LogP contribution in [0.15, 0.2) is 48.9 Å². The minimum atomic E-state index is -4.64. The molecule has 44 heavy (non-hydrogen) atoms. The van der Waals surface area contributed by atoms with E-state index in [1.807, 2.05) is 0 Å². The first-order chi connectivity index (χ1) is 21.0. The predicted octanol–water partition coefficient (Wildman–Crippen LogP) is 4.16. The minimum absolute atomic E-state index is 0.00786. The van der Waals surface area contributed by atoms with Crippen LogP contribution < -0.4 is 15.4 Å². The molecule has 11 nitrogen and oxygen atoms in total. The number of carbonyl (C=O) groups is 1. The quantitative estimate of drug-likeness (QED) is 0.259. The van der Waals surface area contributed by atoms with Crippen molar-refractivity contribution in [1.82, 2.24) is 24.7 Å². The van der Waals surface area contributed by atoms with E-state index in [0.29, 0.717) is 44.4 Å². The van der Waals surface area contributed by atoms with E-state index in [4.69, 9.17) is 9.72 Å². The van der Waals surface area contributed by atoms with E-state index in [9.17, 15) is 26.4 Å². The van der Waals surface area contributed by atoms with Gasteiger partial charge < -0.3 is 15.4 Å². The summed E-state index contributed by atoms with van der Waals surface area (Å²) in [7, 11) is -3.73. The lowest BCUT2D eigenvalue weighted by molar-refractivity contribution is -0.137. The van der Waals surface area contributed by atoms with Gasteiger partial charge in [-0.2, -0.15) is 13.2 Å². The minimum Gasteiger partial charge on any atom is -0.379 e. The molecule has 0 bridgehead atoms. The van der Waals surface area contributed by atoms with Crippen LogP contribution in [-0.2, 0) is 20.9 Å². The number of nitrogens with zero attached hydrogens (tertiary/aromatic N) is 4. The lowest BCUT2D eigenvalue weighted by atomic mass is 10.0. The van der Waals surface area contributed by atoms with Crippen molar-refractivity contribution in [2.24, 2.45) is 5.92 Å². The number of anilines is 2. The molecule has 3 fully saturated rings. The van der Waals surface area contributed by atoms with E-state index in [0.717, 1.165) is 18.3 Å². The van der Waals surface area contributed by atoms with Gasteiger partial charge in [-0.15, -0.1) is 0 Å². The standard InChI is InChI=1S/C28H25F4N7O4S/c29-19-9-14(27(40)36-22-11-16(5-6-33-22)28(30,31)32)1-4-18(19)23-24-25(38-44(41,42)17-2-3-17)34-7-8-39(24)26(37-23)20-10-15-12-43-13-21(15)35-20/h1,4-9,11,15,17,20-21,35H,2-3,10,12-13H2,(H,34,38)(H,33,36,40)/t15-,20-,21+/m0/s1. The zero-order valence-corrected chi connectivity index (χ0v) is 23.6. The molecule has 3 aliphatic rings. The van der Waals surface area contributed by atoms with Crippen LogP contribution in [0.2, 0.25) is 0 Å². The van der Waals surface area contributed by atoms with Gasteiger partial charge in [-0.3, -0.25) is 13.9 Å². The van der Waals surface area contributed by atoms with Gasteiger partial charge in [-0.05, 0) is 49.6 Å². The number of fused-ring (bicyclic) bond motifs is 2. The van der Waals surface area contributed by atoms with E-state index in [1.54, 1.807) is 10.6 Å². The van der Waals surface area contributed by atoms with Crippen molar-refractivity contribution in [2.75, 3.05) is 23.3 Å². The third-order valence-electron chi connectivity index (χ3n) is 8.06. The number of hydrogen-bond acceptors (Lipinski definition) is 8. The summed E-state index contributed by atoms with van der Waals surface area (Å²) in [5.74, 6) is -1.28. The number of nitrogens with one attached hydrogen (secondary N) is 3. The fraction of sp³-hybridized carbons (Fsp3) is 0.357. The summed E-state index contributed by atoms with van der Waals surface area (Å²) in [6.45, 7) is 1.16. The molecule has 1 aliphatic carbocycles. The van der Waals surface area contributed by atoms with Crippen LogP contribution in [0.5, 0.6) is 0 Å². The summed E-state index contributed by atoms with van der Waals surface area (Å²) < 4.78 is 90.5. The Hall–Kier alpha value is -4.15. The Kier molecular flexibility index (Phi) is 6.82. The number of alkyl halides is 3. The first-order valence-corrected chi connectivity index (χ1v) is 15.4. The Labute approximate surface area is 248 Å². The number of pyridine rings is 1. The maximum Gasteiger partial charge on any atom is 0.416 e. The highest BCUT2D eigenvalue weighted by Crippen LogP contribution is 2.39. The fourth-order valence-corrected chi connectivity index (χ4v) is 7.05. The maximum atomic E-state index is 15.8. The normalized spacial score (nSPS) is 21.9. The number of sulfonamides is 1. The highest BCUT2D eigenvalue weighted by molar-refractivity contribution is 7.93. The number of rotatable bonds is 7. The molecule has 1 saturated carbocycles. The van der Waals surface area contributed by atoms with E-state index in [1.165, 1.54) is 18.3 Å². The van der Waals surface area contributed by atoms with Gasteiger partial charge in [-0.25, -0.2) is 27.8 Å². The number of carbonyl (C=O) groups excluding carboxylic acids is 1. The molecule has 7 rings (SSSR count). The molecule has 0 radical (unpaired) electrons. The molecule has 1 amide bonds. The van der Waals surface area contributed by atoms with E-state index < -0.39 is 38.7 Å². The van der Waals surface area contributed by atoms with Gasteiger partial charge in [0.05, 0.1) is 30.1 Å². The number of aromatic nitrogens is 4. The smallest absolute Gasteiger partial charge is 0.379 e. The van der Waals surface area contributed by atoms with Gasteiger partial charge in [0.15, 0.2) is 5.82 Å². The Morgan fingerprint density at radius 3 is 2.64 bits per heavy atom. The van der Waals surface area contributed by atoms with Gasteiger partial charge in [0.1, 0.15) is 28.7 Å². The molecule has 3 N–H and O–H groups in total. The Balaban J connectivity index is 1.26. The van der Waals surface area contributed by atoms with Gasteiger partial charge >= 0.3 is 6.18 Å². The average Bonchev–Trinajstić information content (AvgIpc) is 3.47. The van der Waals surface area contributed by atoms with Crippen molar-refractivity contribution in [1.29, 1.82) is 0 Å². The zero-order chi connectivity index (χ0) is 30.8. The fourth-order valence-electron chi connectivity index (χ4n) is 5.70. The number of halogens is 4. The topological polar surface area (TPSA) is 140 Å². The lowest BCUT2D eigenvalue weighted by Gasteiger charge is -2.13. The first-order valence-electron chi connectivity index (χ1n) is 13.8. The van der Waals surface area contributed by atoms with Gasteiger partial charge in [-0.1, -0.05) is 0 Å². The monoisotopic (exact) mass is 631 g/mol. The highest BCUT2D eigenvalue weighted by atomic mass is 32.2. The van der Waals surface area contributed by atoms with Gasteiger partial charge in [0.25, 0.3) is 5.91 Å². The van der Waals surface area contributed by atoms with E-state index in [2.05, 4.69) is 25.3 Å². The summed E-state index contributed by atoms with van der Waals surface area (Å²) in [6, 6.07) is 4.89. The van der Waals surface area contributed by atoms with Gasteiger partial charge in [0, 0.05) is 41.7 Å². The largest absolute Gasteiger partial charge is 0.416 e. The number of benzene rings is 1. The molecule has 0 spiro atoms. The molecule has 16 heteroatoms. The van der Waals surface area contributed by atoms with Crippen molar-refractivity contribution < 1.29 is 35.5 Å². The van der Waals surface area contributed by atoms with Crippen molar-refractivity contribution in [3.05, 3.63) is 71.7 Å². The van der Waals surface area contributed by atoms with Crippen LogP contribution in [-0.4, -0.2) is 58.2 Å². The predicted molar refractivity (Wildman–Crippen MR) is 150 cm³/mol. The van der Waals surface area contributed by atoms with Crippen LogP contribution in [0.25, 0.3) is 16.8 Å². The number of imidazole rings is 1. The van der Waals surface area contributed by atoms with Crippen LogP contribution in [0.4, 0.5) is 29.2 Å². The summed E-state index contributed by atoms with van der Waals surface area (Å²) in [5.41, 5.74) is -0.843.